The van der Waals surface area contributed by atoms with Crippen molar-refractivity contribution in [3.8, 4) is 5.75 Å². The van der Waals surface area contributed by atoms with Crippen LogP contribution in [-0.4, -0.2) is 15.8 Å². The molecular formula is C9H9NO4. The second-order valence-electron chi connectivity index (χ2n) is 2.92. The lowest BCUT2D eigenvalue weighted by molar-refractivity contribution is -0.385. The highest BCUT2D eigenvalue weighted by molar-refractivity contribution is 5.98. The molecule has 0 amide bonds. The highest BCUT2D eigenvalue weighted by atomic mass is 16.6. The summed E-state index contributed by atoms with van der Waals surface area (Å²) in [4.78, 5) is 21.0. The average Bonchev–Trinajstić information content (AvgIpc) is 2.08. The first-order valence-corrected chi connectivity index (χ1v) is 3.93. The molecule has 5 nitrogen and oxygen atoms in total. The predicted octanol–water partition coefficient (Wildman–Crippen LogP) is 1.81. The Morgan fingerprint density at radius 3 is 2.50 bits per heavy atom. The minimum atomic E-state index is -0.661. The number of carbonyl (C=O) groups is 1. The van der Waals surface area contributed by atoms with Crippen molar-refractivity contribution in [2.24, 2.45) is 0 Å². The van der Waals surface area contributed by atoms with Gasteiger partial charge in [-0.2, -0.15) is 0 Å². The molecule has 0 saturated carbocycles. The lowest BCUT2D eigenvalue weighted by Gasteiger charge is -2.03. The van der Waals surface area contributed by atoms with E-state index in [2.05, 4.69) is 0 Å². The van der Waals surface area contributed by atoms with Crippen molar-refractivity contribution < 1.29 is 14.8 Å². The Labute approximate surface area is 80.1 Å². The highest BCUT2D eigenvalue weighted by Crippen LogP contribution is 2.30. The zero-order chi connectivity index (χ0) is 10.9. The van der Waals surface area contributed by atoms with Crippen LogP contribution in [-0.2, 0) is 0 Å². The van der Waals surface area contributed by atoms with E-state index in [0.717, 1.165) is 0 Å². The largest absolute Gasteiger partial charge is 0.507 e. The summed E-state index contributed by atoms with van der Waals surface area (Å²) >= 11 is 0. The maximum absolute atomic E-state index is 11.0. The third kappa shape index (κ3) is 1.56. The van der Waals surface area contributed by atoms with Crippen LogP contribution in [0.15, 0.2) is 12.1 Å². The average molecular weight is 195 g/mol. The smallest absolute Gasteiger partial charge is 0.286 e. The predicted molar refractivity (Wildman–Crippen MR) is 49.5 cm³/mol. The van der Waals surface area contributed by atoms with Gasteiger partial charge in [0.05, 0.1) is 16.1 Å². The Bertz CT molecular complexity index is 412. The van der Waals surface area contributed by atoms with Gasteiger partial charge in [-0.25, -0.2) is 0 Å². The zero-order valence-corrected chi connectivity index (χ0v) is 7.77. The summed E-state index contributed by atoms with van der Waals surface area (Å²) in [5.74, 6) is -0.568. The van der Waals surface area contributed by atoms with E-state index in [1.807, 2.05) is 0 Å². The number of nitrogens with zero attached hydrogens (tertiary/aromatic N) is 1. The Hall–Kier alpha value is -1.91. The molecule has 1 aromatic rings. The Kier molecular flexibility index (Phi) is 2.51. The normalized spacial score (nSPS) is 9.86. The lowest BCUT2D eigenvalue weighted by Crippen LogP contribution is -2.02. The summed E-state index contributed by atoms with van der Waals surface area (Å²) in [5.41, 5.74) is -0.189. The second kappa shape index (κ2) is 3.45. The van der Waals surface area contributed by atoms with E-state index < -0.39 is 4.92 Å². The van der Waals surface area contributed by atoms with E-state index in [9.17, 15) is 20.0 Å². The molecule has 0 aliphatic heterocycles. The number of aromatic hydroxyl groups is 1. The summed E-state index contributed by atoms with van der Waals surface area (Å²) in [6.45, 7) is 2.65. The minimum absolute atomic E-state index is 0.0188. The van der Waals surface area contributed by atoms with Gasteiger partial charge in [-0.05, 0) is 26.0 Å². The molecule has 0 aliphatic carbocycles. The van der Waals surface area contributed by atoms with Gasteiger partial charge < -0.3 is 5.11 Å². The fourth-order valence-corrected chi connectivity index (χ4v) is 1.21. The van der Waals surface area contributed by atoms with Crippen molar-refractivity contribution in [1.29, 1.82) is 0 Å². The van der Waals surface area contributed by atoms with Gasteiger partial charge in [-0.15, -0.1) is 0 Å². The van der Waals surface area contributed by atoms with E-state index in [1.54, 1.807) is 0 Å². The quantitative estimate of drug-likeness (QED) is 0.443. The van der Waals surface area contributed by atoms with Gasteiger partial charge >= 0.3 is 0 Å². The molecular weight excluding hydrogens is 186 g/mol. The van der Waals surface area contributed by atoms with E-state index in [1.165, 1.54) is 26.0 Å². The summed E-state index contributed by atoms with van der Waals surface area (Å²) in [6.07, 6.45) is 0. The van der Waals surface area contributed by atoms with E-state index in [-0.39, 0.29) is 28.3 Å². The molecule has 5 heteroatoms. The number of nitro groups is 1. The Morgan fingerprint density at radius 1 is 1.50 bits per heavy atom. The fourth-order valence-electron chi connectivity index (χ4n) is 1.21. The minimum Gasteiger partial charge on any atom is -0.507 e. The molecule has 0 aromatic heterocycles. The van der Waals surface area contributed by atoms with Crippen LogP contribution in [0.4, 0.5) is 5.69 Å². The molecule has 0 spiro atoms. The summed E-state index contributed by atoms with van der Waals surface area (Å²) in [7, 11) is 0. The third-order valence-electron chi connectivity index (χ3n) is 1.96. The van der Waals surface area contributed by atoms with Crippen LogP contribution in [0.5, 0.6) is 5.75 Å². The number of Topliss-reactive ketones (excluding diaryl/α,β-unsaturated/α-hetero) is 1. The monoisotopic (exact) mass is 195 g/mol. The highest BCUT2D eigenvalue weighted by Gasteiger charge is 2.22. The molecule has 0 bridgehead atoms. The zero-order valence-electron chi connectivity index (χ0n) is 7.77. The molecule has 0 saturated heterocycles. The number of nitro benzene ring substituents is 1. The fraction of sp³-hybridized carbons (Fsp3) is 0.222. The Balaban J connectivity index is 3.53. The van der Waals surface area contributed by atoms with E-state index in [0.29, 0.717) is 0 Å². The molecule has 1 N–H and O–H groups in total. The van der Waals surface area contributed by atoms with Gasteiger partial charge in [0, 0.05) is 0 Å². The first-order chi connectivity index (χ1) is 6.45. The van der Waals surface area contributed by atoms with Gasteiger partial charge in [-0.3, -0.25) is 14.9 Å². The van der Waals surface area contributed by atoms with Crippen LogP contribution >= 0.6 is 0 Å². The molecule has 0 unspecified atom stereocenters. The van der Waals surface area contributed by atoms with Gasteiger partial charge in [0.1, 0.15) is 5.75 Å². The van der Waals surface area contributed by atoms with Crippen molar-refractivity contribution in [2.75, 3.05) is 0 Å². The number of phenols is 1. The SMILES string of the molecule is CC(=O)c1ccc(O)c(C)c1[N+](=O)[O-]. The van der Waals surface area contributed by atoms with Crippen molar-refractivity contribution >= 4 is 11.5 Å². The molecule has 0 radical (unpaired) electrons. The number of hydrogen-bond donors (Lipinski definition) is 1. The first-order valence-electron chi connectivity index (χ1n) is 3.93. The third-order valence-corrected chi connectivity index (χ3v) is 1.96. The number of phenolic OH excluding ortho intramolecular Hbond substituents is 1. The van der Waals surface area contributed by atoms with Crippen LogP contribution in [0.25, 0.3) is 0 Å². The van der Waals surface area contributed by atoms with Crippen LogP contribution < -0.4 is 0 Å². The molecule has 14 heavy (non-hydrogen) atoms. The molecule has 1 rings (SSSR count). The number of carbonyl (C=O) groups excluding carboxylic acids is 1. The topological polar surface area (TPSA) is 80.4 Å². The van der Waals surface area contributed by atoms with Crippen molar-refractivity contribution in [1.82, 2.24) is 0 Å². The maximum Gasteiger partial charge on any atom is 0.286 e. The van der Waals surface area contributed by atoms with Crippen LogP contribution in [0, 0.1) is 17.0 Å². The summed E-state index contributed by atoms with van der Waals surface area (Å²) in [6, 6.07) is 2.53. The summed E-state index contributed by atoms with van der Waals surface area (Å²) in [5, 5.41) is 19.9. The number of benzene rings is 1. The number of rotatable bonds is 2. The van der Waals surface area contributed by atoms with Crippen molar-refractivity contribution in [3.63, 3.8) is 0 Å². The Morgan fingerprint density at radius 2 is 2.07 bits per heavy atom. The van der Waals surface area contributed by atoms with Crippen molar-refractivity contribution in [2.45, 2.75) is 13.8 Å². The van der Waals surface area contributed by atoms with Crippen LogP contribution in [0.1, 0.15) is 22.8 Å². The number of ketones is 1. The van der Waals surface area contributed by atoms with Crippen molar-refractivity contribution in [3.05, 3.63) is 33.4 Å². The van der Waals surface area contributed by atoms with E-state index >= 15 is 0 Å². The second-order valence-corrected chi connectivity index (χ2v) is 2.92. The lowest BCUT2D eigenvalue weighted by atomic mass is 10.0. The van der Waals surface area contributed by atoms with Crippen LogP contribution in [0.3, 0.4) is 0 Å². The molecule has 1 aromatic carbocycles. The molecule has 0 fully saturated rings. The maximum atomic E-state index is 11.0. The molecule has 0 atom stereocenters. The van der Waals surface area contributed by atoms with Gasteiger partial charge in [0.15, 0.2) is 5.78 Å². The van der Waals surface area contributed by atoms with Crippen LogP contribution in [0.2, 0.25) is 0 Å². The molecule has 0 aliphatic rings. The van der Waals surface area contributed by atoms with Gasteiger partial charge in [0.25, 0.3) is 5.69 Å². The summed E-state index contributed by atoms with van der Waals surface area (Å²) < 4.78 is 0. The number of hydrogen-bond acceptors (Lipinski definition) is 4. The molecule has 74 valence electrons. The first kappa shape index (κ1) is 10.2. The standard InChI is InChI=1S/C9H9NO4/c1-5-8(12)4-3-7(6(2)11)9(5)10(13)14/h3-4,12H,1-2H3. The van der Waals surface area contributed by atoms with Gasteiger partial charge in [0.2, 0.25) is 0 Å². The van der Waals surface area contributed by atoms with Gasteiger partial charge in [-0.1, -0.05) is 0 Å². The molecule has 0 heterocycles. The van der Waals surface area contributed by atoms with E-state index in [4.69, 9.17) is 0 Å².